The Balaban J connectivity index is 2.66. The van der Waals surface area contributed by atoms with Crippen molar-refractivity contribution in [3.63, 3.8) is 0 Å². The smallest absolute Gasteiger partial charge is 0.210 e. The summed E-state index contributed by atoms with van der Waals surface area (Å²) in [7, 11) is -3.78. The SMILES string of the molecule is Cc1cccc(O)c1S(=O)(=O)c1ccc(O)cc1. The van der Waals surface area contributed by atoms with Crippen LogP contribution in [0.3, 0.4) is 0 Å². The summed E-state index contributed by atoms with van der Waals surface area (Å²) in [5.74, 6) is -0.286. The van der Waals surface area contributed by atoms with Crippen molar-refractivity contribution in [1.29, 1.82) is 0 Å². The zero-order valence-electron chi connectivity index (χ0n) is 9.66. The Morgan fingerprint density at radius 3 is 2.11 bits per heavy atom. The fourth-order valence-electron chi connectivity index (χ4n) is 1.73. The molecule has 0 heterocycles. The quantitative estimate of drug-likeness (QED) is 0.872. The number of rotatable bonds is 2. The Kier molecular flexibility index (Phi) is 3.00. The second kappa shape index (κ2) is 4.34. The summed E-state index contributed by atoms with van der Waals surface area (Å²) < 4.78 is 24.7. The van der Waals surface area contributed by atoms with Gasteiger partial charge in [0.05, 0.1) is 4.90 Å². The number of hydrogen-bond acceptors (Lipinski definition) is 4. The minimum Gasteiger partial charge on any atom is -0.508 e. The molecule has 0 aliphatic rings. The van der Waals surface area contributed by atoms with Gasteiger partial charge in [-0.15, -0.1) is 0 Å². The third-order valence-corrected chi connectivity index (χ3v) is 4.57. The van der Waals surface area contributed by atoms with Crippen molar-refractivity contribution in [2.75, 3.05) is 0 Å². The predicted molar refractivity (Wildman–Crippen MR) is 66.4 cm³/mol. The summed E-state index contributed by atoms with van der Waals surface area (Å²) in [6.07, 6.45) is 0. The van der Waals surface area contributed by atoms with Crippen LogP contribution in [0.2, 0.25) is 0 Å². The lowest BCUT2D eigenvalue weighted by molar-refractivity contribution is 0.457. The molecule has 2 aromatic carbocycles. The first-order valence-electron chi connectivity index (χ1n) is 5.25. The lowest BCUT2D eigenvalue weighted by Crippen LogP contribution is -2.04. The van der Waals surface area contributed by atoms with Gasteiger partial charge in [-0.1, -0.05) is 12.1 Å². The number of benzene rings is 2. The average Bonchev–Trinajstić information content (AvgIpc) is 2.29. The van der Waals surface area contributed by atoms with Gasteiger partial charge in [0.2, 0.25) is 9.84 Å². The fraction of sp³-hybridized carbons (Fsp3) is 0.0769. The van der Waals surface area contributed by atoms with Gasteiger partial charge < -0.3 is 10.2 Å². The van der Waals surface area contributed by atoms with E-state index >= 15 is 0 Å². The molecule has 0 aliphatic heterocycles. The highest BCUT2D eigenvalue weighted by Crippen LogP contribution is 2.31. The molecule has 0 bridgehead atoms. The Hall–Kier alpha value is -2.01. The molecule has 0 atom stereocenters. The number of hydrogen-bond donors (Lipinski definition) is 2. The van der Waals surface area contributed by atoms with Crippen molar-refractivity contribution in [2.24, 2.45) is 0 Å². The third-order valence-electron chi connectivity index (χ3n) is 2.61. The van der Waals surface area contributed by atoms with E-state index in [1.165, 1.54) is 30.3 Å². The number of phenolic OH excluding ortho intramolecular Hbond substituents is 2. The van der Waals surface area contributed by atoms with E-state index in [1.54, 1.807) is 19.1 Å². The second-order valence-corrected chi connectivity index (χ2v) is 5.81. The van der Waals surface area contributed by atoms with Crippen LogP contribution in [-0.4, -0.2) is 18.6 Å². The zero-order chi connectivity index (χ0) is 13.3. The van der Waals surface area contributed by atoms with E-state index in [0.29, 0.717) is 5.56 Å². The minimum absolute atomic E-state index is 0.0112. The van der Waals surface area contributed by atoms with Gasteiger partial charge in [0, 0.05) is 0 Å². The van der Waals surface area contributed by atoms with Gasteiger partial charge in [0.1, 0.15) is 16.4 Å². The summed E-state index contributed by atoms with van der Waals surface area (Å²) in [5, 5.41) is 18.9. The topological polar surface area (TPSA) is 74.6 Å². The third kappa shape index (κ3) is 2.04. The van der Waals surface area contributed by atoms with Crippen molar-refractivity contribution in [3.05, 3.63) is 48.0 Å². The average molecular weight is 264 g/mol. The molecule has 0 saturated heterocycles. The molecule has 5 heteroatoms. The van der Waals surface area contributed by atoms with Crippen LogP contribution in [0.15, 0.2) is 52.3 Å². The van der Waals surface area contributed by atoms with Gasteiger partial charge in [-0.2, -0.15) is 0 Å². The summed E-state index contributed by atoms with van der Waals surface area (Å²) in [6.45, 7) is 1.62. The predicted octanol–water partition coefficient (Wildman–Crippen LogP) is 2.24. The van der Waals surface area contributed by atoms with E-state index in [-0.39, 0.29) is 21.3 Å². The van der Waals surface area contributed by atoms with E-state index in [2.05, 4.69) is 0 Å². The second-order valence-electron chi connectivity index (χ2n) is 3.92. The van der Waals surface area contributed by atoms with Crippen LogP contribution >= 0.6 is 0 Å². The molecule has 2 N–H and O–H groups in total. The molecular weight excluding hydrogens is 252 g/mol. The van der Waals surface area contributed by atoms with Crippen LogP contribution in [0.5, 0.6) is 11.5 Å². The van der Waals surface area contributed by atoms with Crippen molar-refractivity contribution in [3.8, 4) is 11.5 Å². The lowest BCUT2D eigenvalue weighted by Gasteiger charge is -2.09. The Morgan fingerprint density at radius 1 is 0.944 bits per heavy atom. The molecule has 94 valence electrons. The molecule has 0 aliphatic carbocycles. The van der Waals surface area contributed by atoms with E-state index in [1.807, 2.05) is 0 Å². The van der Waals surface area contributed by atoms with Crippen LogP contribution in [0.1, 0.15) is 5.56 Å². The van der Waals surface area contributed by atoms with Crippen molar-refractivity contribution in [2.45, 2.75) is 16.7 Å². The maximum atomic E-state index is 12.3. The number of sulfone groups is 1. The largest absolute Gasteiger partial charge is 0.508 e. The zero-order valence-corrected chi connectivity index (χ0v) is 10.5. The normalized spacial score (nSPS) is 11.4. The van der Waals surface area contributed by atoms with Crippen LogP contribution in [-0.2, 0) is 9.84 Å². The number of aromatic hydroxyl groups is 2. The first-order chi connectivity index (χ1) is 8.43. The van der Waals surface area contributed by atoms with Crippen molar-refractivity contribution in [1.82, 2.24) is 0 Å². The van der Waals surface area contributed by atoms with Crippen LogP contribution in [0.25, 0.3) is 0 Å². The van der Waals surface area contributed by atoms with Gasteiger partial charge in [-0.3, -0.25) is 0 Å². The lowest BCUT2D eigenvalue weighted by atomic mass is 10.2. The molecular formula is C13H12O4S. The van der Waals surface area contributed by atoms with Gasteiger partial charge in [-0.05, 0) is 42.8 Å². The van der Waals surface area contributed by atoms with Gasteiger partial charge in [0.15, 0.2) is 0 Å². The van der Waals surface area contributed by atoms with Crippen molar-refractivity contribution < 1.29 is 18.6 Å². The fourth-order valence-corrected chi connectivity index (χ4v) is 3.30. The minimum atomic E-state index is -3.78. The highest BCUT2D eigenvalue weighted by Gasteiger charge is 2.23. The Bertz CT molecular complexity index is 652. The first-order valence-corrected chi connectivity index (χ1v) is 6.74. The molecule has 4 nitrogen and oxygen atoms in total. The molecule has 2 rings (SSSR count). The number of aryl methyl sites for hydroxylation is 1. The number of phenols is 2. The molecule has 0 spiro atoms. The molecule has 18 heavy (non-hydrogen) atoms. The van der Waals surface area contributed by atoms with E-state index in [9.17, 15) is 13.5 Å². The highest BCUT2D eigenvalue weighted by molar-refractivity contribution is 7.91. The first kappa shape index (κ1) is 12.4. The summed E-state index contributed by atoms with van der Waals surface area (Å²) in [4.78, 5) is -0.0689. The van der Waals surface area contributed by atoms with Crippen LogP contribution < -0.4 is 0 Å². The molecule has 0 amide bonds. The molecule has 0 aromatic heterocycles. The van der Waals surface area contributed by atoms with E-state index in [0.717, 1.165) is 0 Å². The summed E-state index contributed by atoms with van der Waals surface area (Å²) >= 11 is 0. The summed E-state index contributed by atoms with van der Waals surface area (Å²) in [5.41, 5.74) is 0.475. The van der Waals surface area contributed by atoms with E-state index in [4.69, 9.17) is 5.11 Å². The molecule has 0 unspecified atom stereocenters. The van der Waals surface area contributed by atoms with Gasteiger partial charge in [0.25, 0.3) is 0 Å². The molecule has 0 radical (unpaired) electrons. The molecule has 0 saturated carbocycles. The van der Waals surface area contributed by atoms with Gasteiger partial charge in [-0.25, -0.2) is 8.42 Å². The summed E-state index contributed by atoms with van der Waals surface area (Å²) in [6, 6.07) is 9.73. The maximum absolute atomic E-state index is 12.3. The highest BCUT2D eigenvalue weighted by atomic mass is 32.2. The Morgan fingerprint density at radius 2 is 1.56 bits per heavy atom. The monoisotopic (exact) mass is 264 g/mol. The standard InChI is InChI=1S/C13H12O4S/c1-9-3-2-4-12(15)13(9)18(16,17)11-7-5-10(14)6-8-11/h2-8,14-15H,1H3. The van der Waals surface area contributed by atoms with E-state index < -0.39 is 9.84 Å². The van der Waals surface area contributed by atoms with Crippen LogP contribution in [0.4, 0.5) is 0 Å². The maximum Gasteiger partial charge on any atom is 0.210 e. The Labute approximate surface area is 105 Å². The van der Waals surface area contributed by atoms with Crippen LogP contribution in [0, 0.1) is 6.92 Å². The van der Waals surface area contributed by atoms with Crippen molar-refractivity contribution >= 4 is 9.84 Å². The molecule has 2 aromatic rings. The van der Waals surface area contributed by atoms with Gasteiger partial charge >= 0.3 is 0 Å². The molecule has 0 fully saturated rings.